The lowest BCUT2D eigenvalue weighted by Crippen LogP contribution is -2.11. The van der Waals surface area contributed by atoms with Crippen LogP contribution >= 0.6 is 0 Å². The number of rotatable bonds is 22. The smallest absolute Gasteiger partial charge is 0.338 e. The molecule has 0 atom stereocenters. The number of ether oxygens (including phenoxy) is 4. The molecule has 45 heavy (non-hydrogen) atoms. The van der Waals surface area contributed by atoms with E-state index in [4.69, 9.17) is 18.9 Å². The molecule has 2 rings (SSSR count). The molecular weight excluding hydrogens is 568 g/mol. The van der Waals surface area contributed by atoms with Gasteiger partial charge in [-0.3, -0.25) is 9.59 Å². The number of carbonyl (C=O) groups is 3. The van der Waals surface area contributed by atoms with Crippen molar-refractivity contribution in [2.24, 2.45) is 0 Å². The van der Waals surface area contributed by atoms with E-state index in [2.05, 4.69) is 19.1 Å². The average molecular weight is 625 g/mol. The Hall–Kier alpha value is -3.35. The highest BCUT2D eigenvalue weighted by Crippen LogP contribution is 2.34. The standard InChI is InChI=1S/C38H56O7/c1-7-9-10-11-12-13-14-25-43-37-32(17-15-19-35(39)42-8-2)26-34(27-33(37)18-16-20-36(40)44-28(3)4)30-21-23-31(24-22-30)38(41)45-29(5)6/h21-24,26-29H,7-20,25H2,1-6H3. The van der Waals surface area contributed by atoms with Gasteiger partial charge in [0.1, 0.15) is 5.75 Å². The fourth-order valence-corrected chi connectivity index (χ4v) is 5.19. The zero-order valence-corrected chi connectivity index (χ0v) is 28.6. The van der Waals surface area contributed by atoms with Gasteiger partial charge < -0.3 is 18.9 Å². The van der Waals surface area contributed by atoms with E-state index in [1.54, 1.807) is 12.1 Å². The van der Waals surface area contributed by atoms with Gasteiger partial charge in [-0.2, -0.15) is 0 Å². The van der Waals surface area contributed by atoms with E-state index in [1.807, 2.05) is 46.8 Å². The van der Waals surface area contributed by atoms with Gasteiger partial charge in [0.05, 0.1) is 31.0 Å². The normalized spacial score (nSPS) is 11.1. The van der Waals surface area contributed by atoms with Crippen molar-refractivity contribution in [2.45, 2.75) is 137 Å². The van der Waals surface area contributed by atoms with Crippen molar-refractivity contribution in [3.8, 4) is 16.9 Å². The first-order valence-corrected chi connectivity index (χ1v) is 17.1. The summed E-state index contributed by atoms with van der Waals surface area (Å²) < 4.78 is 22.4. The maximum Gasteiger partial charge on any atom is 0.338 e. The Kier molecular flexibility index (Phi) is 18.0. The fraction of sp³-hybridized carbons (Fsp3) is 0.605. The van der Waals surface area contributed by atoms with Crippen molar-refractivity contribution in [3.63, 3.8) is 0 Å². The molecule has 0 bridgehead atoms. The molecule has 2 aromatic rings. The van der Waals surface area contributed by atoms with Crippen molar-refractivity contribution in [3.05, 3.63) is 53.1 Å². The van der Waals surface area contributed by atoms with Crippen LogP contribution in [0.2, 0.25) is 0 Å². The van der Waals surface area contributed by atoms with Crippen LogP contribution in [0.3, 0.4) is 0 Å². The molecule has 0 aliphatic carbocycles. The minimum atomic E-state index is -0.348. The first-order valence-electron chi connectivity index (χ1n) is 17.1. The SMILES string of the molecule is CCCCCCCCCOc1c(CCCC(=O)OCC)cc(-c2ccc(C(=O)OC(C)C)cc2)cc1CCCC(=O)OC(C)C. The van der Waals surface area contributed by atoms with Crippen molar-refractivity contribution in [2.75, 3.05) is 13.2 Å². The van der Waals surface area contributed by atoms with Crippen molar-refractivity contribution >= 4 is 17.9 Å². The van der Waals surface area contributed by atoms with Gasteiger partial charge >= 0.3 is 17.9 Å². The van der Waals surface area contributed by atoms with E-state index in [-0.39, 0.29) is 30.1 Å². The van der Waals surface area contributed by atoms with Crippen LogP contribution in [-0.2, 0) is 36.6 Å². The monoisotopic (exact) mass is 624 g/mol. The molecule has 0 amide bonds. The Bertz CT molecular complexity index is 1170. The molecule has 0 aliphatic heterocycles. The second-order valence-corrected chi connectivity index (χ2v) is 12.2. The molecule has 0 radical (unpaired) electrons. The van der Waals surface area contributed by atoms with Gasteiger partial charge in [-0.25, -0.2) is 4.79 Å². The molecular formula is C38H56O7. The van der Waals surface area contributed by atoms with Crippen LogP contribution in [0.25, 0.3) is 11.1 Å². The minimum Gasteiger partial charge on any atom is -0.493 e. The molecule has 0 heterocycles. The molecule has 0 fully saturated rings. The van der Waals surface area contributed by atoms with Crippen LogP contribution < -0.4 is 4.74 Å². The summed E-state index contributed by atoms with van der Waals surface area (Å²) in [6.07, 6.45) is 11.3. The fourth-order valence-electron chi connectivity index (χ4n) is 5.19. The van der Waals surface area contributed by atoms with Gasteiger partial charge in [0, 0.05) is 12.8 Å². The lowest BCUT2D eigenvalue weighted by atomic mass is 9.93. The van der Waals surface area contributed by atoms with Crippen molar-refractivity contribution in [1.29, 1.82) is 0 Å². The third kappa shape index (κ3) is 15.0. The number of aryl methyl sites for hydroxylation is 2. The molecule has 0 saturated heterocycles. The van der Waals surface area contributed by atoms with Gasteiger partial charge in [-0.05, 0) is 113 Å². The summed E-state index contributed by atoms with van der Waals surface area (Å²) in [4.78, 5) is 36.8. The molecule has 0 aromatic heterocycles. The molecule has 0 aliphatic rings. The molecule has 0 spiro atoms. The number of hydrogen-bond acceptors (Lipinski definition) is 7. The van der Waals surface area contributed by atoms with E-state index in [0.717, 1.165) is 40.8 Å². The summed E-state index contributed by atoms with van der Waals surface area (Å²) in [6, 6.07) is 11.7. The van der Waals surface area contributed by atoms with E-state index < -0.39 is 0 Å². The third-order valence-electron chi connectivity index (χ3n) is 7.36. The van der Waals surface area contributed by atoms with Gasteiger partial charge in [0.15, 0.2) is 0 Å². The number of unbranched alkanes of at least 4 members (excludes halogenated alkanes) is 6. The largest absolute Gasteiger partial charge is 0.493 e. The zero-order chi connectivity index (χ0) is 33.0. The molecule has 2 aromatic carbocycles. The Morgan fingerprint density at radius 3 is 1.76 bits per heavy atom. The lowest BCUT2D eigenvalue weighted by Gasteiger charge is -2.19. The van der Waals surface area contributed by atoms with Crippen LogP contribution in [-0.4, -0.2) is 43.3 Å². The molecule has 0 unspecified atom stereocenters. The maximum absolute atomic E-state index is 12.4. The predicted molar refractivity (Wildman–Crippen MR) is 180 cm³/mol. The van der Waals surface area contributed by atoms with Crippen LogP contribution in [0.5, 0.6) is 5.75 Å². The number of esters is 3. The summed E-state index contributed by atoms with van der Waals surface area (Å²) in [5.41, 5.74) is 4.51. The topological polar surface area (TPSA) is 88.1 Å². The molecule has 7 nitrogen and oxygen atoms in total. The van der Waals surface area contributed by atoms with E-state index in [1.165, 1.54) is 32.1 Å². The van der Waals surface area contributed by atoms with Crippen LogP contribution in [0.15, 0.2) is 36.4 Å². The Labute approximate surface area is 271 Å². The number of carbonyl (C=O) groups excluding carboxylic acids is 3. The average Bonchev–Trinajstić information content (AvgIpc) is 2.98. The predicted octanol–water partition coefficient (Wildman–Crippen LogP) is 9.21. The van der Waals surface area contributed by atoms with Gasteiger partial charge in [-0.1, -0.05) is 57.6 Å². The number of hydrogen-bond donors (Lipinski definition) is 0. The highest BCUT2D eigenvalue weighted by molar-refractivity contribution is 5.90. The molecule has 250 valence electrons. The van der Waals surface area contributed by atoms with Crippen LogP contribution in [0.4, 0.5) is 0 Å². The van der Waals surface area contributed by atoms with Crippen molar-refractivity contribution in [1.82, 2.24) is 0 Å². The molecule has 0 saturated carbocycles. The minimum absolute atomic E-state index is 0.145. The second kappa shape index (κ2) is 21.4. The van der Waals surface area contributed by atoms with Crippen LogP contribution in [0.1, 0.15) is 134 Å². The lowest BCUT2D eigenvalue weighted by molar-refractivity contribution is -0.147. The molecule has 7 heteroatoms. The second-order valence-electron chi connectivity index (χ2n) is 12.2. The quantitative estimate of drug-likeness (QED) is 0.0733. The van der Waals surface area contributed by atoms with Gasteiger partial charge in [0.25, 0.3) is 0 Å². The highest BCUT2D eigenvalue weighted by Gasteiger charge is 2.17. The van der Waals surface area contributed by atoms with E-state index >= 15 is 0 Å². The van der Waals surface area contributed by atoms with E-state index in [9.17, 15) is 14.4 Å². The summed E-state index contributed by atoms with van der Waals surface area (Å²) in [6.45, 7) is 12.4. The Morgan fingerprint density at radius 1 is 0.644 bits per heavy atom. The first-order chi connectivity index (χ1) is 21.6. The Morgan fingerprint density at radius 2 is 1.20 bits per heavy atom. The first kappa shape index (κ1) is 37.8. The zero-order valence-electron chi connectivity index (χ0n) is 28.6. The van der Waals surface area contributed by atoms with Crippen LogP contribution in [0, 0.1) is 0 Å². The van der Waals surface area contributed by atoms with Crippen molar-refractivity contribution < 1.29 is 33.3 Å². The number of benzene rings is 2. The van der Waals surface area contributed by atoms with E-state index in [0.29, 0.717) is 57.3 Å². The summed E-state index contributed by atoms with van der Waals surface area (Å²) in [5.74, 6) is 0.0967. The highest BCUT2D eigenvalue weighted by atomic mass is 16.5. The summed E-state index contributed by atoms with van der Waals surface area (Å²) in [7, 11) is 0. The Balaban J connectivity index is 2.35. The van der Waals surface area contributed by atoms with Gasteiger partial charge in [-0.15, -0.1) is 0 Å². The summed E-state index contributed by atoms with van der Waals surface area (Å²) >= 11 is 0. The summed E-state index contributed by atoms with van der Waals surface area (Å²) in [5, 5.41) is 0. The molecule has 0 N–H and O–H groups in total. The third-order valence-corrected chi connectivity index (χ3v) is 7.36. The van der Waals surface area contributed by atoms with Gasteiger partial charge in [0.2, 0.25) is 0 Å². The maximum atomic E-state index is 12.4.